The predicted octanol–water partition coefficient (Wildman–Crippen LogP) is 2.83. The molecule has 0 aliphatic carbocycles. The van der Waals surface area contributed by atoms with E-state index >= 15 is 0 Å². The molecular weight excluding hydrogens is 266 g/mol. The highest BCUT2D eigenvalue weighted by atomic mass is 32.2. The maximum Gasteiger partial charge on any atom is 0.265 e. The van der Waals surface area contributed by atoms with Gasteiger partial charge in [-0.2, -0.15) is 0 Å². The van der Waals surface area contributed by atoms with E-state index in [1.807, 2.05) is 31.2 Å². The molecule has 0 unspecified atom stereocenters. The van der Waals surface area contributed by atoms with E-state index in [-0.39, 0.29) is 5.91 Å². The maximum atomic E-state index is 11.9. The van der Waals surface area contributed by atoms with Gasteiger partial charge in [-0.25, -0.2) is 0 Å². The van der Waals surface area contributed by atoms with Gasteiger partial charge in [0.15, 0.2) is 0 Å². The lowest BCUT2D eigenvalue weighted by Gasteiger charge is -2.05. The van der Waals surface area contributed by atoms with E-state index in [0.29, 0.717) is 9.23 Å². The summed E-state index contributed by atoms with van der Waals surface area (Å²) in [5, 5.41) is 0. The summed E-state index contributed by atoms with van der Waals surface area (Å²) in [5.41, 5.74) is 2.00. The van der Waals surface area contributed by atoms with Crippen molar-refractivity contribution in [2.75, 3.05) is 14.2 Å². The van der Waals surface area contributed by atoms with Crippen molar-refractivity contribution in [1.29, 1.82) is 0 Å². The minimum absolute atomic E-state index is 0.0514. The molecule has 0 N–H and O–H groups in total. The minimum atomic E-state index is -0.0514. The largest absolute Gasteiger partial charge is 0.496 e. The number of likely N-dealkylation sites (N-methyl/N-ethyl adjacent to an activating group) is 1. The van der Waals surface area contributed by atoms with Crippen molar-refractivity contribution in [2.24, 2.45) is 0 Å². The molecule has 0 bridgehead atoms. The normalized spacial score (nSPS) is 17.7. The van der Waals surface area contributed by atoms with Crippen LogP contribution in [0.2, 0.25) is 0 Å². The first-order valence-corrected chi connectivity index (χ1v) is 6.61. The Kier molecular flexibility index (Phi) is 3.73. The molecule has 0 spiro atoms. The third-order valence-electron chi connectivity index (χ3n) is 2.72. The van der Waals surface area contributed by atoms with Gasteiger partial charge >= 0.3 is 0 Å². The smallest absolute Gasteiger partial charge is 0.265 e. The van der Waals surface area contributed by atoms with Crippen LogP contribution < -0.4 is 4.74 Å². The van der Waals surface area contributed by atoms with Gasteiger partial charge in [0.25, 0.3) is 5.91 Å². The van der Waals surface area contributed by atoms with Gasteiger partial charge in [-0.05, 0) is 30.2 Å². The summed E-state index contributed by atoms with van der Waals surface area (Å²) in [6.45, 7) is 1.98. The number of carbonyl (C=O) groups excluding carboxylic acids is 1. The van der Waals surface area contributed by atoms with E-state index in [1.165, 1.54) is 16.7 Å². The monoisotopic (exact) mass is 279 g/mol. The minimum Gasteiger partial charge on any atom is -0.496 e. The van der Waals surface area contributed by atoms with Crippen molar-refractivity contribution in [3.8, 4) is 5.75 Å². The molecule has 18 heavy (non-hydrogen) atoms. The highest BCUT2D eigenvalue weighted by Crippen LogP contribution is 2.32. The molecule has 1 amide bonds. The Morgan fingerprint density at radius 1 is 1.44 bits per heavy atom. The molecule has 2 rings (SSSR count). The van der Waals surface area contributed by atoms with E-state index in [2.05, 4.69) is 0 Å². The molecule has 1 aromatic carbocycles. The van der Waals surface area contributed by atoms with Crippen LogP contribution in [0.4, 0.5) is 0 Å². The summed E-state index contributed by atoms with van der Waals surface area (Å²) in [5.74, 6) is 0.764. The molecule has 1 aliphatic heterocycles. The number of nitrogens with zero attached hydrogens (tertiary/aromatic N) is 1. The van der Waals surface area contributed by atoms with Gasteiger partial charge in [0.2, 0.25) is 0 Å². The molecule has 0 radical (unpaired) electrons. The van der Waals surface area contributed by atoms with Crippen molar-refractivity contribution >= 4 is 40.3 Å². The van der Waals surface area contributed by atoms with E-state index in [9.17, 15) is 4.79 Å². The fraction of sp³-hybridized carbons (Fsp3) is 0.231. The van der Waals surface area contributed by atoms with Crippen LogP contribution in [0.5, 0.6) is 5.75 Å². The van der Waals surface area contributed by atoms with Crippen LogP contribution in [0.25, 0.3) is 6.08 Å². The van der Waals surface area contributed by atoms with Crippen LogP contribution in [0.15, 0.2) is 23.1 Å². The summed E-state index contributed by atoms with van der Waals surface area (Å²) in [6.07, 6.45) is 1.84. The molecule has 5 heteroatoms. The Bertz CT molecular complexity index is 552. The number of carbonyl (C=O) groups is 1. The number of benzene rings is 1. The first kappa shape index (κ1) is 13.1. The summed E-state index contributed by atoms with van der Waals surface area (Å²) in [4.78, 5) is 14.0. The first-order valence-electron chi connectivity index (χ1n) is 5.39. The number of aryl methyl sites for hydroxylation is 1. The summed E-state index contributed by atoms with van der Waals surface area (Å²) < 4.78 is 5.85. The zero-order chi connectivity index (χ0) is 13.3. The molecule has 3 nitrogen and oxygen atoms in total. The average molecular weight is 279 g/mol. The third kappa shape index (κ3) is 2.42. The van der Waals surface area contributed by atoms with Crippen LogP contribution in [0.1, 0.15) is 11.1 Å². The van der Waals surface area contributed by atoms with Gasteiger partial charge in [-0.3, -0.25) is 9.69 Å². The van der Waals surface area contributed by atoms with Crippen molar-refractivity contribution in [3.05, 3.63) is 34.2 Å². The number of thioether (sulfide) groups is 1. The number of hydrogen-bond donors (Lipinski definition) is 0. The highest BCUT2D eigenvalue weighted by molar-refractivity contribution is 8.26. The van der Waals surface area contributed by atoms with Crippen molar-refractivity contribution in [3.63, 3.8) is 0 Å². The second-order valence-electron chi connectivity index (χ2n) is 3.97. The zero-order valence-corrected chi connectivity index (χ0v) is 12.0. The van der Waals surface area contributed by atoms with Gasteiger partial charge in [0, 0.05) is 7.05 Å². The molecule has 0 saturated carbocycles. The van der Waals surface area contributed by atoms with Crippen molar-refractivity contribution in [1.82, 2.24) is 4.90 Å². The third-order valence-corrected chi connectivity index (χ3v) is 4.20. The van der Waals surface area contributed by atoms with Crippen LogP contribution in [-0.4, -0.2) is 29.3 Å². The molecule has 0 aromatic heterocycles. The molecule has 1 heterocycles. The number of ether oxygens (including phenoxy) is 1. The fourth-order valence-electron chi connectivity index (χ4n) is 1.62. The zero-order valence-electron chi connectivity index (χ0n) is 10.4. The molecule has 1 aromatic rings. The lowest BCUT2D eigenvalue weighted by molar-refractivity contribution is -0.121. The van der Waals surface area contributed by atoms with Crippen molar-refractivity contribution in [2.45, 2.75) is 6.92 Å². The first-order chi connectivity index (χ1) is 8.52. The predicted molar refractivity (Wildman–Crippen MR) is 78.7 cm³/mol. The number of rotatable bonds is 2. The Hall–Kier alpha value is -1.33. The van der Waals surface area contributed by atoms with Gasteiger partial charge in [-0.15, -0.1) is 0 Å². The number of amides is 1. The number of thiocarbonyl (C=S) groups is 1. The topological polar surface area (TPSA) is 29.5 Å². The van der Waals surface area contributed by atoms with E-state index < -0.39 is 0 Å². The average Bonchev–Trinajstić information content (AvgIpc) is 2.59. The van der Waals surface area contributed by atoms with E-state index in [0.717, 1.165) is 16.9 Å². The standard InChI is InChI=1S/C13H13NO2S2/c1-8-4-5-9(6-10(8)16-3)7-11-12(15)14(2)13(17)18-11/h4-7H,1-3H3. The highest BCUT2D eigenvalue weighted by Gasteiger charge is 2.28. The summed E-state index contributed by atoms with van der Waals surface area (Å²) >= 11 is 6.41. The summed E-state index contributed by atoms with van der Waals surface area (Å²) in [6, 6.07) is 5.84. The maximum absolute atomic E-state index is 11.9. The van der Waals surface area contributed by atoms with Crippen LogP contribution in [-0.2, 0) is 4.79 Å². The molecule has 94 valence electrons. The quantitative estimate of drug-likeness (QED) is 0.615. The lowest BCUT2D eigenvalue weighted by Crippen LogP contribution is -2.22. The van der Waals surface area contributed by atoms with Crippen molar-refractivity contribution < 1.29 is 9.53 Å². The molecule has 1 aliphatic rings. The Morgan fingerprint density at radius 2 is 2.17 bits per heavy atom. The van der Waals surface area contributed by atoms with Crippen LogP contribution >= 0.6 is 24.0 Å². The van der Waals surface area contributed by atoms with Gasteiger partial charge in [0.05, 0.1) is 12.0 Å². The fourth-order valence-corrected chi connectivity index (χ4v) is 2.80. The Labute approximate surface area is 116 Å². The Balaban J connectivity index is 2.34. The van der Waals surface area contributed by atoms with E-state index in [1.54, 1.807) is 14.2 Å². The summed E-state index contributed by atoms with van der Waals surface area (Å²) in [7, 11) is 3.33. The van der Waals surface area contributed by atoms with E-state index in [4.69, 9.17) is 17.0 Å². The van der Waals surface area contributed by atoms with Gasteiger partial charge in [-0.1, -0.05) is 36.1 Å². The molecule has 1 fully saturated rings. The van der Waals surface area contributed by atoms with Crippen LogP contribution in [0.3, 0.4) is 0 Å². The SMILES string of the molecule is COc1cc(C=C2SC(=S)N(C)C2=O)ccc1C. The van der Waals surface area contributed by atoms with Crippen LogP contribution in [0, 0.1) is 6.92 Å². The molecule has 1 saturated heterocycles. The number of methoxy groups -OCH3 is 1. The van der Waals surface area contributed by atoms with Gasteiger partial charge in [0.1, 0.15) is 10.1 Å². The van der Waals surface area contributed by atoms with Gasteiger partial charge < -0.3 is 4.74 Å². The lowest BCUT2D eigenvalue weighted by atomic mass is 10.1. The number of hydrogen-bond acceptors (Lipinski definition) is 4. The molecular formula is C13H13NO2S2. The second-order valence-corrected chi connectivity index (χ2v) is 5.65. The second kappa shape index (κ2) is 5.12. The molecule has 0 atom stereocenters. The Morgan fingerprint density at radius 3 is 2.72 bits per heavy atom.